The van der Waals surface area contributed by atoms with Gasteiger partial charge in [-0.15, -0.1) is 0 Å². The van der Waals surface area contributed by atoms with Crippen LogP contribution in [0.1, 0.15) is 5.56 Å². The molecule has 0 radical (unpaired) electrons. The van der Waals surface area contributed by atoms with E-state index in [2.05, 4.69) is 15.9 Å². The molecular weight excluding hydrogens is 264 g/mol. The fraction of sp³-hybridized carbons (Fsp3) is 0.200. The van der Waals surface area contributed by atoms with Gasteiger partial charge in [0.15, 0.2) is 5.92 Å². The maximum Gasteiger partial charge on any atom is 0.318 e. The fourth-order valence-corrected chi connectivity index (χ4v) is 1.40. The lowest BCUT2D eigenvalue weighted by Gasteiger charge is -2.06. The van der Waals surface area contributed by atoms with Gasteiger partial charge in [0.25, 0.3) is 0 Å². The van der Waals surface area contributed by atoms with E-state index in [0.29, 0.717) is 5.56 Å². The summed E-state index contributed by atoms with van der Waals surface area (Å²) < 4.78 is 0.869. The van der Waals surface area contributed by atoms with Crippen LogP contribution in [-0.4, -0.2) is 22.2 Å². The van der Waals surface area contributed by atoms with E-state index >= 15 is 0 Å². The van der Waals surface area contributed by atoms with E-state index in [1.165, 1.54) is 0 Å². The van der Waals surface area contributed by atoms with E-state index in [4.69, 9.17) is 10.2 Å². The van der Waals surface area contributed by atoms with Gasteiger partial charge in [-0.3, -0.25) is 9.59 Å². The van der Waals surface area contributed by atoms with Crippen LogP contribution in [0.25, 0.3) is 0 Å². The standard InChI is InChI=1S/C10H9BrO4/c11-7-3-1-6(2-4-7)5-8(9(12)13)10(14)15/h1-4,8H,5H2,(H,12,13)(H,14,15). The molecule has 1 aromatic carbocycles. The molecule has 0 amide bonds. The number of aliphatic carboxylic acids is 2. The summed E-state index contributed by atoms with van der Waals surface area (Å²) in [6.07, 6.45) is -0.00204. The Morgan fingerprint density at radius 2 is 1.60 bits per heavy atom. The average Bonchev–Trinajstić information content (AvgIpc) is 2.15. The van der Waals surface area contributed by atoms with Gasteiger partial charge in [0, 0.05) is 4.47 Å². The summed E-state index contributed by atoms with van der Waals surface area (Å²) in [5, 5.41) is 17.3. The Bertz CT molecular complexity index is 358. The Labute approximate surface area is 94.7 Å². The van der Waals surface area contributed by atoms with Crippen LogP contribution < -0.4 is 0 Å². The summed E-state index contributed by atoms with van der Waals surface area (Å²) in [6, 6.07) is 6.89. The highest BCUT2D eigenvalue weighted by atomic mass is 79.9. The molecule has 0 bridgehead atoms. The van der Waals surface area contributed by atoms with Crippen molar-refractivity contribution < 1.29 is 19.8 Å². The lowest BCUT2D eigenvalue weighted by atomic mass is 10.00. The van der Waals surface area contributed by atoms with E-state index in [1.54, 1.807) is 24.3 Å². The molecule has 0 aliphatic carbocycles. The van der Waals surface area contributed by atoms with Crippen LogP contribution in [-0.2, 0) is 16.0 Å². The second kappa shape index (κ2) is 4.93. The molecular formula is C10H9BrO4. The molecule has 15 heavy (non-hydrogen) atoms. The third-order valence-electron chi connectivity index (χ3n) is 1.95. The summed E-state index contributed by atoms with van der Waals surface area (Å²) in [6.45, 7) is 0. The molecule has 0 saturated heterocycles. The monoisotopic (exact) mass is 272 g/mol. The summed E-state index contributed by atoms with van der Waals surface area (Å²) in [7, 11) is 0. The van der Waals surface area contributed by atoms with Crippen molar-refractivity contribution in [1.82, 2.24) is 0 Å². The maximum absolute atomic E-state index is 10.6. The largest absolute Gasteiger partial charge is 0.481 e. The second-order valence-electron chi connectivity index (χ2n) is 3.06. The van der Waals surface area contributed by atoms with Crippen molar-refractivity contribution in [2.75, 3.05) is 0 Å². The molecule has 0 aromatic heterocycles. The van der Waals surface area contributed by atoms with Crippen molar-refractivity contribution in [1.29, 1.82) is 0 Å². The summed E-state index contributed by atoms with van der Waals surface area (Å²) in [5.74, 6) is -4.01. The van der Waals surface area contributed by atoms with Gasteiger partial charge in [0.1, 0.15) is 0 Å². The molecule has 0 atom stereocenters. The molecule has 0 aliphatic heterocycles. The molecule has 2 N–H and O–H groups in total. The van der Waals surface area contributed by atoms with Gasteiger partial charge in [-0.1, -0.05) is 28.1 Å². The lowest BCUT2D eigenvalue weighted by molar-refractivity contribution is -0.154. The van der Waals surface area contributed by atoms with Crippen molar-refractivity contribution in [2.24, 2.45) is 5.92 Å². The summed E-state index contributed by atoms with van der Waals surface area (Å²) in [4.78, 5) is 21.2. The van der Waals surface area contributed by atoms with Crippen LogP contribution in [0.15, 0.2) is 28.7 Å². The predicted molar refractivity (Wildman–Crippen MR) is 56.6 cm³/mol. The number of hydrogen-bond donors (Lipinski definition) is 2. The zero-order valence-electron chi connectivity index (χ0n) is 7.68. The molecule has 0 spiro atoms. The van der Waals surface area contributed by atoms with Gasteiger partial charge < -0.3 is 10.2 Å². The zero-order valence-corrected chi connectivity index (χ0v) is 9.27. The smallest absolute Gasteiger partial charge is 0.318 e. The topological polar surface area (TPSA) is 74.6 Å². The van der Waals surface area contributed by atoms with E-state index < -0.39 is 17.9 Å². The first-order chi connectivity index (χ1) is 7.00. The minimum absolute atomic E-state index is 0.00204. The molecule has 1 rings (SSSR count). The molecule has 0 heterocycles. The highest BCUT2D eigenvalue weighted by molar-refractivity contribution is 9.10. The second-order valence-corrected chi connectivity index (χ2v) is 3.98. The Morgan fingerprint density at radius 1 is 1.13 bits per heavy atom. The first kappa shape index (κ1) is 11.7. The number of rotatable bonds is 4. The Hall–Kier alpha value is -1.36. The van der Waals surface area contributed by atoms with Crippen LogP contribution >= 0.6 is 15.9 Å². The minimum Gasteiger partial charge on any atom is -0.481 e. The average molecular weight is 273 g/mol. The van der Waals surface area contributed by atoms with Crippen LogP contribution in [0, 0.1) is 5.92 Å². The van der Waals surface area contributed by atoms with Crippen molar-refractivity contribution in [2.45, 2.75) is 6.42 Å². The van der Waals surface area contributed by atoms with Crippen LogP contribution in [0.3, 0.4) is 0 Å². The van der Waals surface area contributed by atoms with E-state index in [-0.39, 0.29) is 6.42 Å². The van der Waals surface area contributed by atoms with Gasteiger partial charge in [-0.25, -0.2) is 0 Å². The lowest BCUT2D eigenvalue weighted by Crippen LogP contribution is -2.25. The molecule has 0 unspecified atom stereocenters. The van der Waals surface area contributed by atoms with Crippen LogP contribution in [0.4, 0.5) is 0 Å². The number of halogens is 1. The first-order valence-electron chi connectivity index (χ1n) is 4.20. The Kier molecular flexibility index (Phi) is 3.85. The highest BCUT2D eigenvalue weighted by Crippen LogP contribution is 2.14. The van der Waals surface area contributed by atoms with E-state index in [0.717, 1.165) is 4.47 Å². The number of carboxylic acids is 2. The van der Waals surface area contributed by atoms with Crippen molar-refractivity contribution >= 4 is 27.9 Å². The Morgan fingerprint density at radius 3 is 2.00 bits per heavy atom. The van der Waals surface area contributed by atoms with Gasteiger partial charge in [-0.2, -0.15) is 0 Å². The molecule has 5 heteroatoms. The molecule has 1 aromatic rings. The maximum atomic E-state index is 10.6. The highest BCUT2D eigenvalue weighted by Gasteiger charge is 2.25. The van der Waals surface area contributed by atoms with Gasteiger partial charge in [-0.05, 0) is 24.1 Å². The van der Waals surface area contributed by atoms with E-state index in [1.807, 2.05) is 0 Å². The number of benzene rings is 1. The predicted octanol–water partition coefficient (Wildman–Crippen LogP) is 1.78. The van der Waals surface area contributed by atoms with Gasteiger partial charge in [0.05, 0.1) is 0 Å². The van der Waals surface area contributed by atoms with Crippen molar-refractivity contribution in [3.8, 4) is 0 Å². The van der Waals surface area contributed by atoms with Crippen LogP contribution in [0.2, 0.25) is 0 Å². The number of hydrogen-bond acceptors (Lipinski definition) is 2. The number of carbonyl (C=O) groups is 2. The molecule has 0 fully saturated rings. The normalized spacial score (nSPS) is 10.3. The van der Waals surface area contributed by atoms with Crippen molar-refractivity contribution in [3.05, 3.63) is 34.3 Å². The van der Waals surface area contributed by atoms with E-state index in [9.17, 15) is 9.59 Å². The quantitative estimate of drug-likeness (QED) is 0.820. The number of carboxylic acid groups (broad SMARTS) is 2. The summed E-state index contributed by atoms with van der Waals surface area (Å²) in [5.41, 5.74) is 0.688. The fourth-order valence-electron chi connectivity index (χ4n) is 1.14. The van der Waals surface area contributed by atoms with Crippen molar-refractivity contribution in [3.63, 3.8) is 0 Å². The molecule has 0 aliphatic rings. The Balaban J connectivity index is 2.79. The van der Waals surface area contributed by atoms with Gasteiger partial charge in [0.2, 0.25) is 0 Å². The van der Waals surface area contributed by atoms with Gasteiger partial charge >= 0.3 is 11.9 Å². The SMILES string of the molecule is O=C(O)C(Cc1ccc(Br)cc1)C(=O)O. The van der Waals surface area contributed by atoms with Crippen LogP contribution in [0.5, 0.6) is 0 Å². The zero-order chi connectivity index (χ0) is 11.4. The molecule has 0 saturated carbocycles. The minimum atomic E-state index is -1.38. The molecule has 80 valence electrons. The summed E-state index contributed by atoms with van der Waals surface area (Å²) >= 11 is 3.24. The third kappa shape index (κ3) is 3.36. The third-order valence-corrected chi connectivity index (χ3v) is 2.48. The molecule has 4 nitrogen and oxygen atoms in total. The first-order valence-corrected chi connectivity index (χ1v) is 5.00.